The number of benzene rings is 1. The molecule has 6 heteroatoms. The summed E-state index contributed by atoms with van der Waals surface area (Å²) in [5, 5.41) is 23.1. The van der Waals surface area contributed by atoms with Gasteiger partial charge in [0.25, 0.3) is 0 Å². The molecule has 2 spiro atoms. The summed E-state index contributed by atoms with van der Waals surface area (Å²) in [6.45, 7) is 9.01. The fourth-order valence-electron chi connectivity index (χ4n) is 9.46. The van der Waals surface area contributed by atoms with Gasteiger partial charge in [-0.05, 0) is 68.9 Å². The highest BCUT2D eigenvalue weighted by molar-refractivity contribution is 5.82. The number of piperidine rings is 1. The van der Waals surface area contributed by atoms with Crippen LogP contribution in [0.1, 0.15) is 77.3 Å². The van der Waals surface area contributed by atoms with Crippen LogP contribution < -0.4 is 4.74 Å². The fraction of sp³-hybridized carbons (Fsp3) is 0.759. The van der Waals surface area contributed by atoms with E-state index in [1.54, 1.807) is 13.2 Å². The third kappa shape index (κ3) is 2.29. The van der Waals surface area contributed by atoms with Gasteiger partial charge in [-0.3, -0.25) is 4.79 Å². The van der Waals surface area contributed by atoms with Crippen LogP contribution in [-0.2, 0) is 21.4 Å². The number of rotatable bonds is 3. The fourth-order valence-corrected chi connectivity index (χ4v) is 9.46. The van der Waals surface area contributed by atoms with E-state index in [1.807, 2.05) is 6.92 Å². The van der Waals surface area contributed by atoms with Crippen molar-refractivity contribution >= 4 is 5.91 Å². The highest BCUT2D eigenvalue weighted by Gasteiger charge is 2.82. The Labute approximate surface area is 208 Å². The van der Waals surface area contributed by atoms with E-state index in [0.717, 1.165) is 51.5 Å². The molecule has 4 saturated carbocycles. The Morgan fingerprint density at radius 1 is 1.17 bits per heavy atom. The molecule has 0 aromatic heterocycles. The van der Waals surface area contributed by atoms with Gasteiger partial charge in [0.1, 0.15) is 11.7 Å². The van der Waals surface area contributed by atoms with Crippen LogP contribution in [0.4, 0.5) is 0 Å². The van der Waals surface area contributed by atoms with Gasteiger partial charge in [-0.15, -0.1) is 0 Å². The number of nitrogens with zero attached hydrogens (tertiary/aromatic N) is 1. The number of fused-ring (bicyclic) bond motifs is 2. The molecule has 2 aliphatic heterocycles. The number of phenols is 1. The molecule has 4 bridgehead atoms. The summed E-state index contributed by atoms with van der Waals surface area (Å²) >= 11 is 0. The maximum Gasteiger partial charge on any atom is 0.225 e. The van der Waals surface area contributed by atoms with Crippen LogP contribution in [0.3, 0.4) is 0 Å². The predicted octanol–water partition coefficient (Wildman–Crippen LogP) is 3.94. The lowest BCUT2D eigenvalue weighted by atomic mass is 9.33. The molecule has 7 atom stereocenters. The summed E-state index contributed by atoms with van der Waals surface area (Å²) in [5.41, 5.74) is -0.152. The Kier molecular flexibility index (Phi) is 4.08. The first-order chi connectivity index (χ1) is 16.4. The van der Waals surface area contributed by atoms with E-state index >= 15 is 0 Å². The molecule has 7 aliphatic rings. The lowest BCUT2D eigenvalue weighted by Crippen LogP contribution is -2.83. The lowest BCUT2D eigenvalue weighted by Gasteiger charge is -2.75. The van der Waals surface area contributed by atoms with Crippen LogP contribution >= 0.6 is 0 Å². The van der Waals surface area contributed by atoms with Gasteiger partial charge < -0.3 is 24.6 Å². The molecular formula is C29H39NO5. The Morgan fingerprint density at radius 3 is 2.57 bits per heavy atom. The zero-order valence-corrected chi connectivity index (χ0v) is 21.7. The van der Waals surface area contributed by atoms with Crippen LogP contribution in [0.25, 0.3) is 0 Å². The van der Waals surface area contributed by atoms with Gasteiger partial charge in [-0.25, -0.2) is 0 Å². The van der Waals surface area contributed by atoms with Gasteiger partial charge in [-0.1, -0.05) is 26.8 Å². The molecular weight excluding hydrogens is 442 g/mol. The Morgan fingerprint density at radius 2 is 1.91 bits per heavy atom. The van der Waals surface area contributed by atoms with E-state index in [9.17, 15) is 15.0 Å². The van der Waals surface area contributed by atoms with E-state index in [0.29, 0.717) is 11.7 Å². The first kappa shape index (κ1) is 22.4. The smallest absolute Gasteiger partial charge is 0.225 e. The van der Waals surface area contributed by atoms with Crippen LogP contribution in [0.2, 0.25) is 0 Å². The Bertz CT molecular complexity index is 1130. The van der Waals surface area contributed by atoms with Crippen molar-refractivity contribution in [1.29, 1.82) is 0 Å². The minimum Gasteiger partial charge on any atom is -0.504 e. The minimum absolute atomic E-state index is 0.0897. The van der Waals surface area contributed by atoms with Crippen molar-refractivity contribution in [3.8, 4) is 11.5 Å². The van der Waals surface area contributed by atoms with Crippen molar-refractivity contribution in [2.75, 3.05) is 13.7 Å². The number of methoxy groups -OCH3 is 1. The monoisotopic (exact) mass is 481 g/mol. The first-order valence-corrected chi connectivity index (χ1v) is 13.5. The number of hydrogen-bond donors (Lipinski definition) is 2. The Balaban J connectivity index is 1.49. The molecule has 190 valence electrons. The van der Waals surface area contributed by atoms with Crippen molar-refractivity contribution in [2.45, 2.75) is 101 Å². The maximum absolute atomic E-state index is 13.6. The molecule has 5 fully saturated rings. The molecule has 2 N–H and O–H groups in total. The summed E-state index contributed by atoms with van der Waals surface area (Å²) in [6, 6.07) is 3.90. The van der Waals surface area contributed by atoms with Gasteiger partial charge in [-0.2, -0.15) is 0 Å². The lowest BCUT2D eigenvalue weighted by molar-refractivity contribution is -0.311. The average molecular weight is 482 g/mol. The van der Waals surface area contributed by atoms with Crippen molar-refractivity contribution in [2.24, 2.45) is 22.7 Å². The molecule has 1 aromatic rings. The number of phenolic OH excluding ortho intramolecular Hbond substituents is 1. The van der Waals surface area contributed by atoms with E-state index in [4.69, 9.17) is 9.47 Å². The number of carbonyl (C=O) groups is 1. The average Bonchev–Trinajstić information content (AvgIpc) is 3.59. The molecule has 6 nitrogen and oxygen atoms in total. The van der Waals surface area contributed by atoms with Gasteiger partial charge >= 0.3 is 0 Å². The number of carbonyl (C=O) groups excluding carboxylic acids is 1. The van der Waals surface area contributed by atoms with Gasteiger partial charge in [0, 0.05) is 47.9 Å². The zero-order valence-electron chi connectivity index (χ0n) is 21.7. The third-order valence-electron chi connectivity index (χ3n) is 11.8. The molecule has 2 heterocycles. The second kappa shape index (κ2) is 6.36. The summed E-state index contributed by atoms with van der Waals surface area (Å²) in [6.07, 6.45) is 5.89. The largest absolute Gasteiger partial charge is 0.504 e. The van der Waals surface area contributed by atoms with Crippen LogP contribution in [0.15, 0.2) is 12.1 Å². The number of likely N-dealkylation sites (tertiary alicyclic amines) is 1. The number of aliphatic hydroxyl groups is 1. The van der Waals surface area contributed by atoms with Crippen LogP contribution in [0, 0.1) is 22.7 Å². The maximum atomic E-state index is 13.6. The van der Waals surface area contributed by atoms with Gasteiger partial charge in [0.15, 0.2) is 11.5 Å². The topological polar surface area (TPSA) is 79.2 Å². The normalized spacial score (nSPS) is 42.3. The third-order valence-corrected chi connectivity index (χ3v) is 11.8. The van der Waals surface area contributed by atoms with Crippen LogP contribution in [0.5, 0.6) is 11.5 Å². The summed E-state index contributed by atoms with van der Waals surface area (Å²) in [7, 11) is 1.78. The SMILES string of the molecule is COC12CC[C@]3(C[C@@H]1C(C)(O)C(C)(C)C)[C@H]1Cc4ccc(O)c5c4[C@@]3(CCN1C(=O)C1CC1)[C@H]2O5. The van der Waals surface area contributed by atoms with Crippen molar-refractivity contribution in [3.05, 3.63) is 23.3 Å². The number of ether oxygens (including phenoxy) is 2. The number of amides is 1. The van der Waals surface area contributed by atoms with Crippen molar-refractivity contribution < 1.29 is 24.5 Å². The highest BCUT2D eigenvalue weighted by atomic mass is 16.6. The molecule has 1 amide bonds. The second-order valence-corrected chi connectivity index (χ2v) is 13.7. The molecule has 8 rings (SSSR count). The van der Waals surface area contributed by atoms with Crippen LogP contribution in [-0.4, -0.2) is 58.0 Å². The summed E-state index contributed by atoms with van der Waals surface area (Å²) in [4.78, 5) is 15.8. The molecule has 1 saturated heterocycles. The number of hydrogen-bond acceptors (Lipinski definition) is 5. The molecule has 0 radical (unpaired) electrons. The molecule has 1 aromatic carbocycles. The van der Waals surface area contributed by atoms with E-state index in [1.165, 1.54) is 11.1 Å². The first-order valence-electron chi connectivity index (χ1n) is 13.5. The van der Waals surface area contributed by atoms with E-state index in [-0.39, 0.29) is 46.0 Å². The van der Waals surface area contributed by atoms with Crippen molar-refractivity contribution in [1.82, 2.24) is 4.90 Å². The highest BCUT2D eigenvalue weighted by Crippen LogP contribution is 2.78. The standard InChI is InChI=1S/C29H39NO5/c1-25(2,3)26(4,33)19-15-27-10-11-29(19,34-5)24-28(27)12-13-30(23(32)16-6-7-16)20(27)14-17-8-9-18(31)22(35-24)21(17)28/h8-9,16,19-20,24,31,33H,6-7,10-15H2,1-5H3/t19-,20-,24-,26?,27+,28+,29?/m1/s1. The van der Waals surface area contributed by atoms with Crippen molar-refractivity contribution in [3.63, 3.8) is 0 Å². The summed E-state index contributed by atoms with van der Waals surface area (Å²) in [5.74, 6) is 1.18. The second-order valence-electron chi connectivity index (χ2n) is 13.7. The predicted molar refractivity (Wildman–Crippen MR) is 130 cm³/mol. The van der Waals surface area contributed by atoms with E-state index in [2.05, 4.69) is 31.7 Å². The summed E-state index contributed by atoms with van der Waals surface area (Å²) < 4.78 is 13.4. The molecule has 2 unspecified atom stereocenters. The Hall–Kier alpha value is -1.79. The van der Waals surface area contributed by atoms with E-state index < -0.39 is 11.2 Å². The minimum atomic E-state index is -1.00. The quantitative estimate of drug-likeness (QED) is 0.684. The number of aromatic hydroxyl groups is 1. The molecule has 5 aliphatic carbocycles. The zero-order chi connectivity index (χ0) is 24.8. The molecule has 35 heavy (non-hydrogen) atoms. The van der Waals surface area contributed by atoms with Gasteiger partial charge in [0.05, 0.1) is 5.60 Å². The van der Waals surface area contributed by atoms with Gasteiger partial charge in [0.2, 0.25) is 5.91 Å².